The van der Waals surface area contributed by atoms with Gasteiger partial charge in [0, 0.05) is 28.1 Å². The van der Waals surface area contributed by atoms with E-state index in [2.05, 4.69) is 10.1 Å². The van der Waals surface area contributed by atoms with Crippen LogP contribution in [0, 0.1) is 0 Å². The Bertz CT molecular complexity index is 1650. The van der Waals surface area contributed by atoms with Crippen LogP contribution in [0.2, 0.25) is 5.02 Å². The third kappa shape index (κ3) is 4.49. The maximum atomic E-state index is 13.8. The molecule has 0 N–H and O–H groups in total. The number of esters is 1. The molecule has 186 valence electrons. The van der Waals surface area contributed by atoms with Gasteiger partial charge in [-0.3, -0.25) is 4.79 Å². The number of hydrogen-bond donors (Lipinski definition) is 0. The van der Waals surface area contributed by atoms with Crippen LogP contribution in [0.25, 0.3) is 32.7 Å². The summed E-state index contributed by atoms with van der Waals surface area (Å²) in [5, 5.41) is 7.05. The lowest BCUT2D eigenvalue weighted by Crippen LogP contribution is -2.20. The Balaban J connectivity index is 1.73. The topological polar surface area (TPSA) is 74.1 Å². The van der Waals surface area contributed by atoms with Crippen molar-refractivity contribution >= 4 is 45.7 Å². The van der Waals surface area contributed by atoms with Crippen molar-refractivity contribution in [1.82, 2.24) is 14.8 Å². The minimum absolute atomic E-state index is 0.276. The van der Waals surface area contributed by atoms with Gasteiger partial charge in [-0.15, -0.1) is 11.3 Å². The average Bonchev–Trinajstić information content (AvgIpc) is 3.55. The van der Waals surface area contributed by atoms with Crippen molar-refractivity contribution in [2.24, 2.45) is 0 Å². The van der Waals surface area contributed by atoms with Crippen molar-refractivity contribution in [3.63, 3.8) is 0 Å². The Labute approximate surface area is 216 Å². The summed E-state index contributed by atoms with van der Waals surface area (Å²) in [6.45, 7) is 0. The second-order valence-corrected chi connectivity index (χ2v) is 9.17. The van der Waals surface area contributed by atoms with Crippen LogP contribution in [0.15, 0.2) is 72.2 Å². The molecule has 0 saturated carbocycles. The highest BCUT2D eigenvalue weighted by atomic mass is 35.5. The van der Waals surface area contributed by atoms with Gasteiger partial charge in [0.05, 0.1) is 34.3 Å². The number of benzene rings is 3. The van der Waals surface area contributed by atoms with Gasteiger partial charge >= 0.3 is 12.1 Å². The fourth-order valence-corrected chi connectivity index (χ4v) is 4.84. The zero-order valence-electron chi connectivity index (χ0n) is 18.9. The molecule has 2 aromatic heterocycles. The van der Waals surface area contributed by atoms with Crippen LogP contribution in [0.3, 0.4) is 0 Å². The molecule has 6 nitrogen and oxygen atoms in total. The van der Waals surface area contributed by atoms with Crippen LogP contribution in [0.5, 0.6) is 0 Å². The zero-order valence-corrected chi connectivity index (χ0v) is 20.5. The second-order valence-electron chi connectivity index (χ2n) is 7.86. The molecule has 3 aromatic carbocycles. The fourth-order valence-electron chi connectivity index (χ4n) is 3.95. The number of hydrogen-bond acceptors (Lipinski definition) is 6. The lowest BCUT2D eigenvalue weighted by molar-refractivity contribution is -0.137. The Morgan fingerprint density at radius 2 is 1.76 bits per heavy atom. The molecular weight excluding hydrogens is 527 g/mol. The minimum atomic E-state index is -4.81. The largest absolute Gasteiger partial charge is 0.465 e. The van der Waals surface area contributed by atoms with Gasteiger partial charge in [0.2, 0.25) is 0 Å². The Kier molecular flexibility index (Phi) is 6.30. The van der Waals surface area contributed by atoms with E-state index in [4.69, 9.17) is 16.3 Å². The molecule has 2 heterocycles. The summed E-state index contributed by atoms with van der Waals surface area (Å²) in [5.41, 5.74) is 0.273. The van der Waals surface area contributed by atoms with Crippen molar-refractivity contribution in [3.05, 3.63) is 94.0 Å². The van der Waals surface area contributed by atoms with Crippen molar-refractivity contribution < 1.29 is 27.5 Å². The van der Waals surface area contributed by atoms with Gasteiger partial charge in [-0.25, -0.2) is 9.78 Å². The number of alkyl halides is 3. The normalized spacial score (nSPS) is 11.6. The summed E-state index contributed by atoms with van der Waals surface area (Å²) >= 11 is 7.49. The molecule has 0 spiro atoms. The summed E-state index contributed by atoms with van der Waals surface area (Å²) in [6.07, 6.45) is -3.18. The SMILES string of the molecule is COC(=O)c1ccc(-c2nn(C(=O)c3c(Cl)cccc3C(F)(F)F)c3cc(-c4nccs4)ccc23)cc1. The molecule has 0 radical (unpaired) electrons. The lowest BCUT2D eigenvalue weighted by Gasteiger charge is -2.13. The number of aromatic nitrogens is 3. The monoisotopic (exact) mass is 541 g/mol. The molecule has 0 aliphatic heterocycles. The molecule has 0 bridgehead atoms. The number of methoxy groups -OCH3 is 1. The van der Waals surface area contributed by atoms with Crippen molar-refractivity contribution in [3.8, 4) is 21.8 Å². The first-order valence-electron chi connectivity index (χ1n) is 10.7. The van der Waals surface area contributed by atoms with Gasteiger partial charge < -0.3 is 4.74 Å². The molecule has 0 unspecified atom stereocenters. The highest BCUT2D eigenvalue weighted by Crippen LogP contribution is 2.37. The van der Waals surface area contributed by atoms with E-state index in [1.165, 1.54) is 36.6 Å². The van der Waals surface area contributed by atoms with Crippen molar-refractivity contribution in [2.45, 2.75) is 6.18 Å². The van der Waals surface area contributed by atoms with Gasteiger partial charge in [-0.2, -0.15) is 23.0 Å². The molecule has 5 rings (SSSR count). The highest BCUT2D eigenvalue weighted by molar-refractivity contribution is 7.13. The number of ether oxygens (including phenoxy) is 1. The molecule has 0 aliphatic rings. The Hall–Kier alpha value is -4.02. The van der Waals surface area contributed by atoms with E-state index >= 15 is 0 Å². The smallest absolute Gasteiger partial charge is 0.417 e. The van der Waals surface area contributed by atoms with Crippen molar-refractivity contribution in [1.29, 1.82) is 0 Å². The lowest BCUT2D eigenvalue weighted by atomic mass is 10.0. The van der Waals surface area contributed by atoms with E-state index in [-0.39, 0.29) is 10.5 Å². The van der Waals surface area contributed by atoms with Crippen LogP contribution >= 0.6 is 22.9 Å². The van der Waals surface area contributed by atoms with Crippen molar-refractivity contribution in [2.75, 3.05) is 7.11 Å². The first kappa shape index (κ1) is 24.7. The van der Waals surface area contributed by atoms with Crippen LogP contribution in [0.4, 0.5) is 13.2 Å². The molecule has 5 aromatic rings. The first-order valence-corrected chi connectivity index (χ1v) is 12.0. The summed E-state index contributed by atoms with van der Waals surface area (Å²) < 4.78 is 47.0. The van der Waals surface area contributed by atoms with Gasteiger partial charge in [-0.1, -0.05) is 35.9 Å². The summed E-state index contributed by atoms with van der Waals surface area (Å²) in [7, 11) is 1.26. The molecular formula is C26H15ClF3N3O3S. The number of nitrogens with zero attached hydrogens (tertiary/aromatic N) is 3. The molecule has 0 saturated heterocycles. The first-order chi connectivity index (χ1) is 17.7. The molecule has 0 fully saturated rings. The van der Waals surface area contributed by atoms with E-state index in [1.807, 2.05) is 0 Å². The second kappa shape index (κ2) is 9.45. The van der Waals surface area contributed by atoms with Crippen LogP contribution in [0.1, 0.15) is 26.3 Å². The van der Waals surface area contributed by atoms with Crippen LogP contribution in [-0.2, 0) is 10.9 Å². The predicted octanol–water partition coefficient (Wildman–Crippen LogP) is 6.97. The van der Waals surface area contributed by atoms with E-state index in [9.17, 15) is 22.8 Å². The standard InChI is InChI=1S/C26H15ClF3N3O3S/c1-36-25(35)15-7-5-14(6-8-15)22-17-10-9-16(23-31-11-12-37-23)13-20(17)33(32-22)24(34)21-18(26(28,29)30)3-2-4-19(21)27/h2-13H,1H3. The maximum absolute atomic E-state index is 13.8. The number of thiazole rings is 1. The van der Waals surface area contributed by atoms with E-state index < -0.39 is 29.2 Å². The average molecular weight is 542 g/mol. The highest BCUT2D eigenvalue weighted by Gasteiger charge is 2.37. The van der Waals surface area contributed by atoms with Gasteiger partial charge in [-0.05, 0) is 36.4 Å². The molecule has 0 aliphatic carbocycles. The number of carbonyl (C=O) groups excluding carboxylic acids is 2. The number of fused-ring (bicyclic) bond motifs is 1. The Morgan fingerprint density at radius 1 is 1.03 bits per heavy atom. The zero-order chi connectivity index (χ0) is 26.3. The summed E-state index contributed by atoms with van der Waals surface area (Å²) in [5.74, 6) is -1.56. The number of carbonyl (C=O) groups is 2. The molecule has 37 heavy (non-hydrogen) atoms. The third-order valence-electron chi connectivity index (χ3n) is 5.66. The Morgan fingerprint density at radius 3 is 2.41 bits per heavy atom. The van der Waals surface area contributed by atoms with Gasteiger partial charge in [0.15, 0.2) is 0 Å². The van der Waals surface area contributed by atoms with Gasteiger partial charge in [0.1, 0.15) is 10.7 Å². The van der Waals surface area contributed by atoms with E-state index in [0.717, 1.165) is 16.8 Å². The molecule has 0 amide bonds. The maximum Gasteiger partial charge on any atom is 0.417 e. The third-order valence-corrected chi connectivity index (χ3v) is 6.80. The number of rotatable bonds is 4. The summed E-state index contributed by atoms with van der Waals surface area (Å²) in [6, 6.07) is 14.6. The quantitative estimate of drug-likeness (QED) is 0.230. The number of halogens is 4. The summed E-state index contributed by atoms with van der Waals surface area (Å²) in [4.78, 5) is 29.7. The van der Waals surface area contributed by atoms with Gasteiger partial charge in [0.25, 0.3) is 5.91 Å². The minimum Gasteiger partial charge on any atom is -0.465 e. The van der Waals surface area contributed by atoms with Crippen LogP contribution in [-0.4, -0.2) is 33.8 Å². The van der Waals surface area contributed by atoms with Crippen LogP contribution < -0.4 is 0 Å². The molecule has 11 heteroatoms. The fraction of sp³-hybridized carbons (Fsp3) is 0.0769. The molecule has 0 atom stereocenters. The van der Waals surface area contributed by atoms with E-state index in [1.54, 1.807) is 41.9 Å². The van der Waals surface area contributed by atoms with E-state index in [0.29, 0.717) is 32.8 Å². The predicted molar refractivity (Wildman–Crippen MR) is 134 cm³/mol.